The third-order valence-corrected chi connectivity index (χ3v) is 8.63. The average Bonchev–Trinajstić information content (AvgIpc) is 3.81. The second kappa shape index (κ2) is 17.2. The number of carbonyl (C=O) groups is 5. The average molecular weight is 760 g/mol. The lowest BCUT2D eigenvalue weighted by Crippen LogP contribution is -2.47. The topological polar surface area (TPSA) is 198 Å². The predicted octanol–water partition coefficient (Wildman–Crippen LogP) is 4.84. The van der Waals surface area contributed by atoms with Crippen LogP contribution in [0.25, 0.3) is 5.65 Å². The minimum atomic E-state index is -0.862. The van der Waals surface area contributed by atoms with Gasteiger partial charge in [-0.05, 0) is 85.8 Å². The Morgan fingerprint density at radius 3 is 2.29 bits per heavy atom. The summed E-state index contributed by atoms with van der Waals surface area (Å²) in [5, 5.41) is 13.0. The summed E-state index contributed by atoms with van der Waals surface area (Å²) in [6.07, 6.45) is 4.37. The van der Waals surface area contributed by atoms with Gasteiger partial charge in [-0.3, -0.25) is 30.0 Å². The van der Waals surface area contributed by atoms with Crippen LogP contribution >= 0.6 is 22.9 Å². The molecule has 0 saturated carbocycles. The molecule has 0 bridgehead atoms. The van der Waals surface area contributed by atoms with Crippen molar-refractivity contribution in [2.45, 2.75) is 96.9 Å². The van der Waals surface area contributed by atoms with Crippen LogP contribution in [0.3, 0.4) is 0 Å². The van der Waals surface area contributed by atoms with Crippen molar-refractivity contribution in [2.24, 2.45) is 4.99 Å². The second-order valence-corrected chi connectivity index (χ2v) is 15.4. The van der Waals surface area contributed by atoms with Crippen LogP contribution in [0.15, 0.2) is 34.9 Å². The van der Waals surface area contributed by atoms with Crippen LogP contribution in [0.5, 0.6) is 0 Å². The van der Waals surface area contributed by atoms with Crippen LogP contribution < -0.4 is 21.3 Å². The highest BCUT2D eigenvalue weighted by atomic mass is 35.5. The number of nitrogens with one attached hydrogen (secondary N) is 4. The van der Waals surface area contributed by atoms with Crippen molar-refractivity contribution in [2.75, 3.05) is 20.1 Å². The number of pyridine rings is 1. The molecule has 5 amide bonds. The molecule has 4 heterocycles. The first-order valence-electron chi connectivity index (χ1n) is 16.9. The van der Waals surface area contributed by atoms with E-state index in [-0.39, 0.29) is 48.2 Å². The maximum Gasteiger partial charge on any atom is 0.414 e. The van der Waals surface area contributed by atoms with Gasteiger partial charge in [-0.25, -0.2) is 19.6 Å². The zero-order valence-electron chi connectivity index (χ0n) is 30.4. The number of nitrogens with zero attached hydrogens (tertiary/aromatic N) is 5. The molecule has 1 aliphatic rings. The van der Waals surface area contributed by atoms with E-state index < -0.39 is 35.3 Å². The SMILES string of the molecule is CNC(=O)[C@H](CCCCN=C(NC(=O)OC(C)(C)C)NC(=O)OC(C)(C)C)NC(=O)c1csc([C@H]2CCCN2C(=O)c2cn3cc(Cl)ccc3n2)n1. The summed E-state index contributed by atoms with van der Waals surface area (Å²) in [5.74, 6) is -1.29. The summed E-state index contributed by atoms with van der Waals surface area (Å²) in [7, 11) is 1.48. The van der Waals surface area contributed by atoms with E-state index >= 15 is 0 Å². The van der Waals surface area contributed by atoms with E-state index in [1.54, 1.807) is 80.7 Å². The Labute approximate surface area is 311 Å². The van der Waals surface area contributed by atoms with Crippen molar-refractivity contribution in [1.82, 2.24) is 40.5 Å². The van der Waals surface area contributed by atoms with Gasteiger partial charge in [0.15, 0.2) is 0 Å². The van der Waals surface area contributed by atoms with Crippen molar-refractivity contribution in [3.05, 3.63) is 51.3 Å². The van der Waals surface area contributed by atoms with Gasteiger partial charge in [-0.15, -0.1) is 11.3 Å². The molecule has 1 fully saturated rings. The van der Waals surface area contributed by atoms with Crippen LogP contribution in [-0.4, -0.2) is 92.5 Å². The number of fused-ring (bicyclic) bond motifs is 1. The van der Waals surface area contributed by atoms with Crippen LogP contribution in [0.1, 0.15) is 106 Å². The van der Waals surface area contributed by atoms with Crippen LogP contribution in [0.4, 0.5) is 9.59 Å². The highest BCUT2D eigenvalue weighted by Crippen LogP contribution is 2.35. The molecule has 3 aromatic rings. The van der Waals surface area contributed by atoms with E-state index in [9.17, 15) is 24.0 Å². The monoisotopic (exact) mass is 759 g/mol. The summed E-state index contributed by atoms with van der Waals surface area (Å²) in [5.41, 5.74) is -0.513. The molecule has 0 radical (unpaired) electrons. The number of likely N-dealkylation sites (tertiary alicyclic amines) is 1. The third kappa shape index (κ3) is 11.6. The zero-order chi connectivity index (χ0) is 38.2. The van der Waals surface area contributed by atoms with Gasteiger partial charge in [0, 0.05) is 37.9 Å². The lowest BCUT2D eigenvalue weighted by molar-refractivity contribution is -0.122. The molecule has 0 unspecified atom stereocenters. The van der Waals surface area contributed by atoms with E-state index in [0.717, 1.165) is 6.42 Å². The molecule has 4 rings (SSSR count). The van der Waals surface area contributed by atoms with Crippen LogP contribution in [-0.2, 0) is 14.3 Å². The Morgan fingerprint density at radius 2 is 1.65 bits per heavy atom. The summed E-state index contributed by atoms with van der Waals surface area (Å²) >= 11 is 7.37. The van der Waals surface area contributed by atoms with E-state index in [1.807, 2.05) is 0 Å². The molecule has 1 saturated heterocycles. The Hall–Kier alpha value is -4.77. The predicted molar refractivity (Wildman–Crippen MR) is 196 cm³/mol. The van der Waals surface area contributed by atoms with E-state index in [0.29, 0.717) is 41.5 Å². The molecule has 1 aliphatic heterocycles. The molecule has 0 aromatic carbocycles. The highest BCUT2D eigenvalue weighted by Gasteiger charge is 2.34. The van der Waals surface area contributed by atoms with Crippen LogP contribution in [0, 0.1) is 0 Å². The van der Waals surface area contributed by atoms with Crippen molar-refractivity contribution in [1.29, 1.82) is 0 Å². The number of unbranched alkanes of at least 4 members (excludes halogenated alkanes) is 1. The fourth-order valence-corrected chi connectivity index (χ4v) is 6.38. The van der Waals surface area contributed by atoms with Gasteiger partial charge in [-0.1, -0.05) is 11.6 Å². The molecule has 3 aromatic heterocycles. The number of thiazole rings is 1. The number of alkyl carbamates (subject to hydrolysis) is 2. The van der Waals surface area contributed by atoms with Crippen molar-refractivity contribution in [3.8, 4) is 0 Å². The fourth-order valence-electron chi connectivity index (χ4n) is 5.26. The van der Waals surface area contributed by atoms with Crippen molar-refractivity contribution >= 4 is 64.5 Å². The van der Waals surface area contributed by atoms with Gasteiger partial charge in [-0.2, -0.15) is 0 Å². The number of rotatable bonds is 10. The fraction of sp³-hybridized carbons (Fsp3) is 0.529. The minimum absolute atomic E-state index is 0.145. The summed E-state index contributed by atoms with van der Waals surface area (Å²) in [4.78, 5) is 79.2. The molecule has 0 aliphatic carbocycles. The molecule has 4 N–H and O–H groups in total. The molecular weight excluding hydrogens is 714 g/mol. The molecule has 2 atom stereocenters. The highest BCUT2D eigenvalue weighted by molar-refractivity contribution is 7.09. The van der Waals surface area contributed by atoms with E-state index in [2.05, 4.69) is 36.2 Å². The maximum absolute atomic E-state index is 13.5. The summed E-state index contributed by atoms with van der Waals surface area (Å²) in [6, 6.07) is 2.27. The van der Waals surface area contributed by atoms with Gasteiger partial charge in [0.2, 0.25) is 11.9 Å². The number of aromatic nitrogens is 3. The number of imidazole rings is 1. The molecular formula is C34H46ClN9O7S. The largest absolute Gasteiger partial charge is 0.444 e. The van der Waals surface area contributed by atoms with E-state index in [1.165, 1.54) is 18.4 Å². The Balaban J connectivity index is 1.35. The second-order valence-electron chi connectivity index (χ2n) is 14.1. The van der Waals surface area contributed by atoms with E-state index in [4.69, 9.17) is 21.1 Å². The summed E-state index contributed by atoms with van der Waals surface area (Å²) in [6.45, 7) is 10.9. The third-order valence-electron chi connectivity index (χ3n) is 7.47. The standard InChI is InChI=1S/C34H46ClN9O7S/c1-33(2,3)50-31(48)41-30(42-32(49)51-34(4,5)6)37-15-9-8-11-21(26(45)36-7)39-27(46)23-19-52-28(40-23)24-12-10-16-44(24)29(47)22-18-43-17-20(35)13-14-25(43)38-22/h13-14,17-19,21,24H,8-12,15-16H2,1-7H3,(H,36,45)(H,39,46)(H2,37,41,42,48,49)/t21-,24+/m0/s1. The quantitative estimate of drug-likeness (QED) is 0.127. The first-order valence-corrected chi connectivity index (χ1v) is 18.2. The number of hydrogen-bond acceptors (Lipinski definition) is 11. The van der Waals surface area contributed by atoms with Gasteiger partial charge < -0.3 is 29.4 Å². The molecule has 16 nitrogen and oxygen atoms in total. The van der Waals surface area contributed by atoms with Gasteiger partial charge >= 0.3 is 12.2 Å². The Bertz CT molecular complexity index is 1780. The number of halogens is 1. The van der Waals surface area contributed by atoms with Crippen molar-refractivity contribution in [3.63, 3.8) is 0 Å². The normalized spacial score (nSPS) is 15.1. The number of amides is 5. The number of hydrogen-bond donors (Lipinski definition) is 4. The first-order chi connectivity index (χ1) is 24.4. The number of ether oxygens (including phenoxy) is 2. The van der Waals surface area contributed by atoms with Crippen LogP contribution in [0.2, 0.25) is 5.02 Å². The Kier molecular flexibility index (Phi) is 13.2. The molecule has 0 spiro atoms. The van der Waals surface area contributed by atoms with Gasteiger partial charge in [0.05, 0.1) is 11.1 Å². The molecule has 282 valence electrons. The summed E-state index contributed by atoms with van der Waals surface area (Å²) < 4.78 is 12.2. The number of carbonyl (C=O) groups excluding carboxylic acids is 5. The van der Waals surface area contributed by atoms with Gasteiger partial charge in [0.1, 0.15) is 39.3 Å². The smallest absolute Gasteiger partial charge is 0.414 e. The molecule has 18 heteroatoms. The lowest BCUT2D eigenvalue weighted by Gasteiger charge is -2.22. The number of aliphatic imine (C=N–C) groups is 1. The molecule has 52 heavy (non-hydrogen) atoms. The lowest BCUT2D eigenvalue weighted by atomic mass is 10.1. The van der Waals surface area contributed by atoms with Crippen molar-refractivity contribution < 1.29 is 33.4 Å². The zero-order valence-corrected chi connectivity index (χ0v) is 31.9. The first kappa shape index (κ1) is 40.0. The number of guanidine groups is 1. The Morgan fingerprint density at radius 1 is 0.981 bits per heavy atom. The maximum atomic E-state index is 13.5. The van der Waals surface area contributed by atoms with Gasteiger partial charge in [0.25, 0.3) is 11.8 Å². The minimum Gasteiger partial charge on any atom is -0.444 e. The number of likely N-dealkylation sites (N-methyl/N-ethyl adjacent to an activating group) is 1.